The first-order chi connectivity index (χ1) is 14.0. The number of carbonyl (C=O) groups excluding carboxylic acids is 1. The molecular weight excluding hydrogens is 393 g/mol. The summed E-state index contributed by atoms with van der Waals surface area (Å²) in [5, 5.41) is 4.05. The normalized spacial score (nSPS) is 14.3. The molecule has 0 atom stereocenters. The minimum absolute atomic E-state index is 0.0534. The molecule has 0 saturated carbocycles. The second-order valence-electron chi connectivity index (χ2n) is 7.21. The first-order valence-electron chi connectivity index (χ1n) is 9.70. The zero-order valence-corrected chi connectivity index (χ0v) is 17.0. The maximum Gasteiger partial charge on any atom is 0.219 e. The number of hydrogen-bond acceptors (Lipinski definition) is 3. The second-order valence-corrected chi connectivity index (χ2v) is 7.61. The second kappa shape index (κ2) is 8.43. The van der Waals surface area contributed by atoms with Crippen molar-refractivity contribution in [3.05, 3.63) is 59.0 Å². The fraction of sp³-hybridized carbons (Fsp3) is 0.318. The summed E-state index contributed by atoms with van der Waals surface area (Å²) in [4.78, 5) is 13.7. The molecule has 0 unspecified atom stereocenters. The number of aromatic nitrogens is 1. The van der Waals surface area contributed by atoms with Crippen LogP contribution in [-0.4, -0.2) is 42.1 Å². The monoisotopic (exact) mass is 415 g/mol. The van der Waals surface area contributed by atoms with Crippen LogP contribution in [0.1, 0.15) is 18.4 Å². The summed E-state index contributed by atoms with van der Waals surface area (Å²) in [6, 6.07) is 10.6. The lowest BCUT2D eigenvalue weighted by molar-refractivity contribution is -0.120. The van der Waals surface area contributed by atoms with Gasteiger partial charge in [0, 0.05) is 49.4 Å². The zero-order valence-electron chi connectivity index (χ0n) is 16.3. The Hall–Kier alpha value is -2.57. The van der Waals surface area contributed by atoms with Gasteiger partial charge >= 0.3 is 0 Å². The summed E-state index contributed by atoms with van der Waals surface area (Å²) in [5.74, 6) is 0.514. The van der Waals surface area contributed by atoms with Gasteiger partial charge in [0.15, 0.2) is 0 Å². The minimum atomic E-state index is -0.254. The molecular formula is C22H23ClFN3O2. The van der Waals surface area contributed by atoms with Crippen molar-refractivity contribution in [3.8, 4) is 11.4 Å². The summed E-state index contributed by atoms with van der Waals surface area (Å²) in [7, 11) is 1.65. The molecule has 1 aromatic heterocycles. The van der Waals surface area contributed by atoms with Gasteiger partial charge in [-0.1, -0.05) is 11.6 Å². The summed E-state index contributed by atoms with van der Waals surface area (Å²) < 4.78 is 21.4. The number of amides is 1. The number of nitrogens with zero attached hydrogens (tertiary/aromatic N) is 2. The first kappa shape index (κ1) is 19.7. The average Bonchev–Trinajstić information content (AvgIpc) is 3.00. The number of nitrogens with one attached hydrogen (secondary N) is 1. The maximum absolute atomic E-state index is 13.5. The quantitative estimate of drug-likeness (QED) is 0.681. The fourth-order valence-electron chi connectivity index (χ4n) is 3.77. The van der Waals surface area contributed by atoms with Crippen LogP contribution in [0.3, 0.4) is 0 Å². The Kier molecular flexibility index (Phi) is 5.74. The highest BCUT2D eigenvalue weighted by Crippen LogP contribution is 2.35. The van der Waals surface area contributed by atoms with Crippen LogP contribution in [0.2, 0.25) is 5.02 Å². The van der Waals surface area contributed by atoms with Gasteiger partial charge in [0.05, 0.1) is 10.5 Å². The number of benzene rings is 2. The molecule has 0 bridgehead atoms. The highest BCUT2D eigenvalue weighted by Gasteiger charge is 2.20. The zero-order chi connectivity index (χ0) is 20.4. The molecule has 0 aliphatic carbocycles. The Morgan fingerprint density at radius 1 is 1.28 bits per heavy atom. The van der Waals surface area contributed by atoms with Crippen LogP contribution < -0.4 is 10.1 Å². The third-order valence-electron chi connectivity index (χ3n) is 5.24. The van der Waals surface area contributed by atoms with Crippen LogP contribution in [0.25, 0.3) is 16.6 Å². The number of fused-ring (bicyclic) bond motifs is 2. The molecule has 0 saturated heterocycles. The Balaban J connectivity index is 1.61. The van der Waals surface area contributed by atoms with Crippen molar-refractivity contribution in [2.24, 2.45) is 0 Å². The van der Waals surface area contributed by atoms with Crippen molar-refractivity contribution in [2.45, 2.75) is 19.4 Å². The van der Waals surface area contributed by atoms with E-state index in [2.05, 4.69) is 16.3 Å². The van der Waals surface area contributed by atoms with E-state index in [0.717, 1.165) is 41.7 Å². The standard InChI is InChI=1S/C22H23ClFN3O2/c1-25-21(28)3-2-7-26-9-10-29-22-16(14-26)12-18(13-19(22)23)27-8-6-15-11-17(24)4-5-20(15)27/h4-6,8,11-13H,2-3,7,9-10,14H2,1H3,(H,25,28). The molecule has 1 aliphatic heterocycles. The molecule has 152 valence electrons. The highest BCUT2D eigenvalue weighted by molar-refractivity contribution is 6.32. The van der Waals surface area contributed by atoms with E-state index in [0.29, 0.717) is 30.3 Å². The van der Waals surface area contributed by atoms with E-state index in [1.165, 1.54) is 12.1 Å². The summed E-state index contributed by atoms with van der Waals surface area (Å²) in [6.45, 7) is 2.84. The number of halogens is 2. The Morgan fingerprint density at radius 2 is 2.14 bits per heavy atom. The average molecular weight is 416 g/mol. The predicted molar refractivity (Wildman–Crippen MR) is 112 cm³/mol. The predicted octanol–water partition coefficient (Wildman–Crippen LogP) is 4.14. The minimum Gasteiger partial charge on any atom is -0.490 e. The van der Waals surface area contributed by atoms with E-state index in [1.807, 2.05) is 22.9 Å². The number of hydrogen-bond donors (Lipinski definition) is 1. The van der Waals surface area contributed by atoms with Crippen LogP contribution in [0, 0.1) is 5.82 Å². The smallest absolute Gasteiger partial charge is 0.219 e. The van der Waals surface area contributed by atoms with Crippen molar-refractivity contribution in [2.75, 3.05) is 26.7 Å². The molecule has 1 N–H and O–H groups in total. The molecule has 2 heterocycles. The molecule has 0 fully saturated rings. The fourth-order valence-corrected chi connectivity index (χ4v) is 4.05. The van der Waals surface area contributed by atoms with Gasteiger partial charge in [0.2, 0.25) is 5.91 Å². The van der Waals surface area contributed by atoms with Crippen LogP contribution >= 0.6 is 11.6 Å². The summed E-state index contributed by atoms with van der Waals surface area (Å²) in [5.41, 5.74) is 2.83. The number of rotatable bonds is 5. The highest BCUT2D eigenvalue weighted by atomic mass is 35.5. The van der Waals surface area contributed by atoms with Gasteiger partial charge in [0.25, 0.3) is 0 Å². The SMILES string of the molecule is CNC(=O)CCCN1CCOc2c(Cl)cc(-n3ccc4cc(F)ccc43)cc2C1. The summed E-state index contributed by atoms with van der Waals surface area (Å²) in [6.07, 6.45) is 3.21. The van der Waals surface area contributed by atoms with Crippen LogP contribution in [0.15, 0.2) is 42.6 Å². The number of ether oxygens (including phenoxy) is 1. The van der Waals surface area contributed by atoms with Gasteiger partial charge in [-0.05, 0) is 49.4 Å². The van der Waals surface area contributed by atoms with E-state index < -0.39 is 0 Å². The Morgan fingerprint density at radius 3 is 2.97 bits per heavy atom. The Bertz CT molecular complexity index is 1050. The molecule has 4 rings (SSSR count). The van der Waals surface area contributed by atoms with Gasteiger partial charge in [0.1, 0.15) is 18.2 Å². The lowest BCUT2D eigenvalue weighted by Gasteiger charge is -2.19. The lowest BCUT2D eigenvalue weighted by atomic mass is 10.1. The van der Waals surface area contributed by atoms with Crippen LogP contribution in [0.5, 0.6) is 5.75 Å². The third kappa shape index (κ3) is 4.23. The largest absolute Gasteiger partial charge is 0.490 e. The molecule has 7 heteroatoms. The molecule has 3 aromatic rings. The topological polar surface area (TPSA) is 46.5 Å². The first-order valence-corrected chi connectivity index (χ1v) is 10.1. The van der Waals surface area contributed by atoms with Crippen molar-refractivity contribution in [1.29, 1.82) is 0 Å². The molecule has 1 aliphatic rings. The van der Waals surface area contributed by atoms with Gasteiger partial charge in [-0.3, -0.25) is 9.69 Å². The van der Waals surface area contributed by atoms with E-state index in [4.69, 9.17) is 16.3 Å². The van der Waals surface area contributed by atoms with E-state index in [-0.39, 0.29) is 11.7 Å². The van der Waals surface area contributed by atoms with E-state index >= 15 is 0 Å². The molecule has 5 nitrogen and oxygen atoms in total. The summed E-state index contributed by atoms with van der Waals surface area (Å²) >= 11 is 6.56. The molecule has 0 radical (unpaired) electrons. The lowest BCUT2D eigenvalue weighted by Crippen LogP contribution is -2.28. The molecule has 1 amide bonds. The van der Waals surface area contributed by atoms with Crippen molar-refractivity contribution < 1.29 is 13.9 Å². The molecule has 0 spiro atoms. The van der Waals surface area contributed by atoms with Crippen molar-refractivity contribution in [3.63, 3.8) is 0 Å². The molecule has 2 aromatic carbocycles. The van der Waals surface area contributed by atoms with Gasteiger partial charge in [-0.15, -0.1) is 0 Å². The maximum atomic E-state index is 13.5. The van der Waals surface area contributed by atoms with Crippen molar-refractivity contribution in [1.82, 2.24) is 14.8 Å². The Labute approximate surface area is 174 Å². The van der Waals surface area contributed by atoms with Crippen LogP contribution in [-0.2, 0) is 11.3 Å². The van der Waals surface area contributed by atoms with Gasteiger partial charge in [-0.25, -0.2) is 4.39 Å². The van der Waals surface area contributed by atoms with Crippen LogP contribution in [0.4, 0.5) is 4.39 Å². The van der Waals surface area contributed by atoms with Crippen molar-refractivity contribution >= 4 is 28.4 Å². The van der Waals surface area contributed by atoms with E-state index in [9.17, 15) is 9.18 Å². The van der Waals surface area contributed by atoms with Gasteiger partial charge < -0.3 is 14.6 Å². The number of carbonyl (C=O) groups is 1. The van der Waals surface area contributed by atoms with Gasteiger partial charge in [-0.2, -0.15) is 0 Å². The third-order valence-corrected chi connectivity index (χ3v) is 5.52. The van der Waals surface area contributed by atoms with E-state index in [1.54, 1.807) is 13.1 Å². The molecule has 29 heavy (non-hydrogen) atoms.